The summed E-state index contributed by atoms with van der Waals surface area (Å²) in [4.78, 5) is 26.5. The quantitative estimate of drug-likeness (QED) is 0.481. The van der Waals surface area contributed by atoms with Gasteiger partial charge in [-0.05, 0) is 24.3 Å². The highest BCUT2D eigenvalue weighted by molar-refractivity contribution is 5.92. The molecule has 16 heavy (non-hydrogen) atoms. The molecule has 0 atom stereocenters. The molecule has 0 saturated carbocycles. The first kappa shape index (κ1) is 12.2. The number of nitrogens with two attached hydrogens (primary N) is 1. The third-order valence-electron chi connectivity index (χ3n) is 1.78. The van der Waals surface area contributed by atoms with Gasteiger partial charge in [0.25, 0.3) is 0 Å². The van der Waals surface area contributed by atoms with Gasteiger partial charge in [0, 0.05) is 13.1 Å². The summed E-state index contributed by atoms with van der Waals surface area (Å²) in [5.74, 6) is -1.62. The minimum absolute atomic E-state index is 0.117. The number of carbonyl (C=O) groups excluding carboxylic acids is 1. The van der Waals surface area contributed by atoms with Crippen LogP contribution in [0.2, 0.25) is 0 Å². The molecule has 86 valence electrons. The lowest BCUT2D eigenvalue weighted by molar-refractivity contribution is 0.0261. The smallest absolute Gasteiger partial charge is 0.356 e. The summed E-state index contributed by atoms with van der Waals surface area (Å²) in [6.45, 7) is 0.712. The largest absolute Gasteiger partial charge is 0.478 e. The molecule has 0 fully saturated rings. The van der Waals surface area contributed by atoms with Gasteiger partial charge in [-0.25, -0.2) is 9.59 Å². The standard InChI is InChI=1S/C10H12N2O4/c11-5-6-12-16-10(15)8-3-1-7(2-4-8)9(13)14/h1-4,12H,5-6,11H2,(H,13,14). The van der Waals surface area contributed by atoms with E-state index in [0.717, 1.165) is 0 Å². The summed E-state index contributed by atoms with van der Waals surface area (Å²) in [6.07, 6.45) is 0. The molecule has 0 aromatic heterocycles. The van der Waals surface area contributed by atoms with Crippen molar-refractivity contribution < 1.29 is 19.5 Å². The molecule has 6 heteroatoms. The predicted octanol–water partition coefficient (Wildman–Crippen LogP) is 0.00490. The van der Waals surface area contributed by atoms with E-state index in [1.54, 1.807) is 0 Å². The van der Waals surface area contributed by atoms with Crippen molar-refractivity contribution in [3.8, 4) is 0 Å². The van der Waals surface area contributed by atoms with Crippen molar-refractivity contribution in [3.05, 3.63) is 35.4 Å². The normalized spacial score (nSPS) is 9.81. The predicted molar refractivity (Wildman–Crippen MR) is 55.9 cm³/mol. The zero-order valence-corrected chi connectivity index (χ0v) is 8.47. The number of rotatable bonds is 5. The van der Waals surface area contributed by atoms with E-state index in [-0.39, 0.29) is 11.1 Å². The third-order valence-corrected chi connectivity index (χ3v) is 1.78. The molecule has 0 saturated heterocycles. The van der Waals surface area contributed by atoms with Gasteiger partial charge in [-0.3, -0.25) is 0 Å². The Kier molecular flexibility index (Phi) is 4.43. The lowest BCUT2D eigenvalue weighted by Gasteiger charge is -2.04. The molecule has 6 nitrogen and oxygen atoms in total. The van der Waals surface area contributed by atoms with Gasteiger partial charge in [-0.2, -0.15) is 5.48 Å². The van der Waals surface area contributed by atoms with Gasteiger partial charge < -0.3 is 15.7 Å². The van der Waals surface area contributed by atoms with Crippen molar-refractivity contribution in [3.63, 3.8) is 0 Å². The molecular weight excluding hydrogens is 212 g/mol. The molecule has 0 unspecified atom stereocenters. The molecule has 0 aliphatic rings. The Labute approximate surface area is 92.0 Å². The highest BCUT2D eigenvalue weighted by atomic mass is 16.7. The Morgan fingerprint density at radius 3 is 2.31 bits per heavy atom. The number of carbonyl (C=O) groups is 2. The Morgan fingerprint density at radius 2 is 1.81 bits per heavy atom. The first-order chi connectivity index (χ1) is 7.65. The van der Waals surface area contributed by atoms with E-state index in [1.807, 2.05) is 0 Å². The van der Waals surface area contributed by atoms with E-state index in [1.165, 1.54) is 24.3 Å². The van der Waals surface area contributed by atoms with E-state index in [2.05, 4.69) is 10.3 Å². The highest BCUT2D eigenvalue weighted by Crippen LogP contribution is 2.05. The van der Waals surface area contributed by atoms with Gasteiger partial charge in [0.1, 0.15) is 0 Å². The van der Waals surface area contributed by atoms with Gasteiger partial charge in [0.05, 0.1) is 11.1 Å². The minimum Gasteiger partial charge on any atom is -0.478 e. The number of aromatic carboxylic acids is 1. The molecule has 0 aliphatic heterocycles. The summed E-state index contributed by atoms with van der Waals surface area (Å²) in [5, 5.41) is 8.65. The molecular formula is C10H12N2O4. The molecule has 1 aromatic rings. The number of carboxylic acid groups (broad SMARTS) is 1. The second kappa shape index (κ2) is 5.84. The van der Waals surface area contributed by atoms with Crippen LogP contribution in [-0.4, -0.2) is 30.1 Å². The molecule has 1 aromatic carbocycles. The molecule has 0 amide bonds. The van der Waals surface area contributed by atoms with Crippen molar-refractivity contribution in [2.24, 2.45) is 5.73 Å². The van der Waals surface area contributed by atoms with Gasteiger partial charge in [0.15, 0.2) is 0 Å². The fourth-order valence-electron chi connectivity index (χ4n) is 0.983. The number of hydrogen-bond donors (Lipinski definition) is 3. The van der Waals surface area contributed by atoms with Crippen LogP contribution in [0.3, 0.4) is 0 Å². The van der Waals surface area contributed by atoms with Crippen LogP contribution in [0.1, 0.15) is 20.7 Å². The fraction of sp³-hybridized carbons (Fsp3) is 0.200. The molecule has 1 rings (SSSR count). The Morgan fingerprint density at radius 1 is 1.25 bits per heavy atom. The first-order valence-corrected chi connectivity index (χ1v) is 4.62. The number of hydroxylamine groups is 1. The SMILES string of the molecule is NCCNOC(=O)c1ccc(C(=O)O)cc1. The maximum atomic E-state index is 11.3. The third kappa shape index (κ3) is 3.34. The van der Waals surface area contributed by atoms with E-state index in [4.69, 9.17) is 10.8 Å². The van der Waals surface area contributed by atoms with E-state index in [0.29, 0.717) is 13.1 Å². The summed E-state index contributed by atoms with van der Waals surface area (Å²) in [5.41, 5.74) is 7.96. The molecule has 4 N–H and O–H groups in total. The topological polar surface area (TPSA) is 102 Å². The molecule has 0 spiro atoms. The van der Waals surface area contributed by atoms with E-state index < -0.39 is 11.9 Å². The summed E-state index contributed by atoms with van der Waals surface area (Å²) in [6, 6.07) is 5.44. The second-order valence-electron chi connectivity index (χ2n) is 2.96. The van der Waals surface area contributed by atoms with Gasteiger partial charge in [-0.15, -0.1) is 0 Å². The number of hydrogen-bond acceptors (Lipinski definition) is 5. The van der Waals surface area contributed by atoms with Crippen LogP contribution in [-0.2, 0) is 4.84 Å². The Balaban J connectivity index is 2.59. The molecule has 0 bridgehead atoms. The highest BCUT2D eigenvalue weighted by Gasteiger charge is 2.08. The van der Waals surface area contributed by atoms with Crippen molar-refractivity contribution in [2.75, 3.05) is 13.1 Å². The number of benzene rings is 1. The van der Waals surface area contributed by atoms with Crippen molar-refractivity contribution in [1.82, 2.24) is 5.48 Å². The van der Waals surface area contributed by atoms with Crippen LogP contribution in [0.25, 0.3) is 0 Å². The number of carboxylic acids is 1. The van der Waals surface area contributed by atoms with Crippen LogP contribution in [0, 0.1) is 0 Å². The average molecular weight is 224 g/mol. The van der Waals surface area contributed by atoms with Crippen molar-refractivity contribution in [2.45, 2.75) is 0 Å². The van der Waals surface area contributed by atoms with Crippen LogP contribution in [0.4, 0.5) is 0 Å². The summed E-state index contributed by atoms with van der Waals surface area (Å²) >= 11 is 0. The van der Waals surface area contributed by atoms with Crippen LogP contribution < -0.4 is 11.2 Å². The fourth-order valence-corrected chi connectivity index (χ4v) is 0.983. The van der Waals surface area contributed by atoms with Crippen LogP contribution in [0.5, 0.6) is 0 Å². The maximum absolute atomic E-state index is 11.3. The van der Waals surface area contributed by atoms with Crippen LogP contribution in [0.15, 0.2) is 24.3 Å². The monoisotopic (exact) mass is 224 g/mol. The second-order valence-corrected chi connectivity index (χ2v) is 2.96. The van der Waals surface area contributed by atoms with Crippen LogP contribution >= 0.6 is 0 Å². The average Bonchev–Trinajstić information content (AvgIpc) is 2.29. The lowest BCUT2D eigenvalue weighted by atomic mass is 10.1. The molecule has 0 aliphatic carbocycles. The van der Waals surface area contributed by atoms with E-state index >= 15 is 0 Å². The zero-order valence-electron chi connectivity index (χ0n) is 8.47. The zero-order chi connectivity index (χ0) is 12.0. The Hall–Kier alpha value is -1.92. The van der Waals surface area contributed by atoms with Crippen molar-refractivity contribution >= 4 is 11.9 Å². The van der Waals surface area contributed by atoms with Gasteiger partial charge >= 0.3 is 11.9 Å². The van der Waals surface area contributed by atoms with Gasteiger partial charge in [-0.1, -0.05) is 0 Å². The first-order valence-electron chi connectivity index (χ1n) is 4.62. The molecule has 0 heterocycles. The molecule has 0 radical (unpaired) electrons. The number of nitrogens with one attached hydrogen (secondary N) is 1. The minimum atomic E-state index is -1.04. The van der Waals surface area contributed by atoms with Gasteiger partial charge in [0.2, 0.25) is 0 Å². The Bertz CT molecular complexity index is 375. The lowest BCUT2D eigenvalue weighted by Crippen LogP contribution is -2.25. The summed E-state index contributed by atoms with van der Waals surface area (Å²) < 4.78 is 0. The maximum Gasteiger partial charge on any atom is 0.356 e. The van der Waals surface area contributed by atoms with Crippen molar-refractivity contribution in [1.29, 1.82) is 0 Å². The summed E-state index contributed by atoms with van der Waals surface area (Å²) in [7, 11) is 0. The van der Waals surface area contributed by atoms with E-state index in [9.17, 15) is 9.59 Å².